The van der Waals surface area contributed by atoms with Crippen molar-refractivity contribution in [3.63, 3.8) is 0 Å². The zero-order valence-electron chi connectivity index (χ0n) is 15.3. The summed E-state index contributed by atoms with van der Waals surface area (Å²) in [4.78, 5) is 8.21. The number of alkyl halides is 2. The first-order valence-corrected chi connectivity index (χ1v) is 9.34. The lowest BCUT2D eigenvalue weighted by Crippen LogP contribution is -2.44. The molecule has 1 unspecified atom stereocenters. The van der Waals surface area contributed by atoms with Crippen molar-refractivity contribution in [2.45, 2.75) is 37.3 Å². The first-order chi connectivity index (χ1) is 14.1. The van der Waals surface area contributed by atoms with E-state index in [1.807, 2.05) is 6.07 Å². The van der Waals surface area contributed by atoms with Gasteiger partial charge < -0.3 is 15.0 Å². The number of phenols is 1. The second-order valence-electron chi connectivity index (χ2n) is 7.33. The molecule has 7 nitrogen and oxygen atoms in total. The average molecular weight is 396 g/mol. The Morgan fingerprint density at radius 3 is 2.83 bits per heavy atom. The highest BCUT2D eigenvalue weighted by Crippen LogP contribution is 2.35. The minimum absolute atomic E-state index is 0.0335. The van der Waals surface area contributed by atoms with Gasteiger partial charge in [0.05, 0.1) is 18.2 Å². The molecule has 2 aliphatic heterocycles. The summed E-state index contributed by atoms with van der Waals surface area (Å²) in [5.41, 5.74) is 2.12. The first kappa shape index (κ1) is 17.9. The molecule has 2 fully saturated rings. The standard InChI is InChI=1S/C20H18F2N6O/c21-14-8-16-20(22)11(5-15(14)25-16)6-19-24-9-17(26-27-19)13-2-1-12(7-18(13)29)28-4-3-23-10-28/h1-4,6-7,9-10,14-16,20,25,29H,5,8H2/b11-6+/t14-,15?,16-,20-/m0/s1. The predicted molar refractivity (Wildman–Crippen MR) is 102 cm³/mol. The van der Waals surface area contributed by atoms with Gasteiger partial charge in [0.1, 0.15) is 23.8 Å². The van der Waals surface area contributed by atoms with Gasteiger partial charge >= 0.3 is 0 Å². The zero-order valence-corrected chi connectivity index (χ0v) is 15.3. The fourth-order valence-corrected chi connectivity index (χ4v) is 3.96. The van der Waals surface area contributed by atoms with E-state index in [0.717, 1.165) is 5.69 Å². The number of hydrogen-bond acceptors (Lipinski definition) is 6. The Kier molecular flexibility index (Phi) is 4.31. The van der Waals surface area contributed by atoms with Crippen LogP contribution >= 0.6 is 0 Å². The Balaban J connectivity index is 1.38. The van der Waals surface area contributed by atoms with Crippen LogP contribution in [0.5, 0.6) is 5.75 Å². The second-order valence-corrected chi connectivity index (χ2v) is 7.33. The molecule has 1 aromatic carbocycles. The van der Waals surface area contributed by atoms with Crippen molar-refractivity contribution < 1.29 is 13.9 Å². The SMILES string of the molecule is Oc1cc(-n2ccnc2)ccc1-c1cnc(/C=C2\CC3N[C@@H](C[C@@H]3F)[C@H]2F)nn1. The summed E-state index contributed by atoms with van der Waals surface area (Å²) < 4.78 is 30.1. The van der Waals surface area contributed by atoms with Crippen molar-refractivity contribution in [3.05, 3.63) is 54.5 Å². The highest BCUT2D eigenvalue weighted by molar-refractivity contribution is 5.68. The number of piperidine rings is 1. The van der Waals surface area contributed by atoms with E-state index in [1.165, 1.54) is 6.20 Å². The second kappa shape index (κ2) is 7.00. The van der Waals surface area contributed by atoms with Crippen LogP contribution in [0.1, 0.15) is 18.7 Å². The summed E-state index contributed by atoms with van der Waals surface area (Å²) in [6.45, 7) is 0. The maximum absolute atomic E-state index is 14.5. The molecular formula is C20H18F2N6O. The Bertz CT molecular complexity index is 1050. The molecule has 0 radical (unpaired) electrons. The van der Waals surface area contributed by atoms with E-state index in [2.05, 4.69) is 25.5 Å². The van der Waals surface area contributed by atoms with Crippen LogP contribution in [-0.4, -0.2) is 54.3 Å². The van der Waals surface area contributed by atoms with Crippen molar-refractivity contribution in [2.24, 2.45) is 0 Å². The average Bonchev–Trinajstić information content (AvgIpc) is 3.36. The number of hydrogen-bond donors (Lipinski definition) is 2. The lowest BCUT2D eigenvalue weighted by atomic mass is 9.96. The minimum atomic E-state index is -1.25. The third-order valence-corrected chi connectivity index (χ3v) is 5.46. The van der Waals surface area contributed by atoms with Crippen molar-refractivity contribution in [3.8, 4) is 22.7 Å². The molecule has 2 aliphatic rings. The normalized spacial score (nSPS) is 27.4. The minimum Gasteiger partial charge on any atom is -0.507 e. The molecule has 4 atom stereocenters. The Morgan fingerprint density at radius 2 is 2.10 bits per heavy atom. The summed E-state index contributed by atoms with van der Waals surface area (Å²) in [6.07, 6.45) is 6.28. The lowest BCUT2D eigenvalue weighted by Gasteiger charge is -2.27. The van der Waals surface area contributed by atoms with Gasteiger partial charge in [0.15, 0.2) is 5.82 Å². The van der Waals surface area contributed by atoms with Crippen LogP contribution in [0.15, 0.2) is 48.7 Å². The topological polar surface area (TPSA) is 88.8 Å². The van der Waals surface area contributed by atoms with Crippen LogP contribution < -0.4 is 5.32 Å². The summed E-state index contributed by atoms with van der Waals surface area (Å²) in [5, 5.41) is 21.5. The molecule has 2 aromatic heterocycles. The van der Waals surface area contributed by atoms with Crippen LogP contribution in [0, 0.1) is 0 Å². The number of rotatable bonds is 3. The fraction of sp³-hybridized carbons (Fsp3) is 0.300. The molecule has 2 N–H and O–H groups in total. The molecule has 2 bridgehead atoms. The Morgan fingerprint density at radius 1 is 1.21 bits per heavy atom. The summed E-state index contributed by atoms with van der Waals surface area (Å²) >= 11 is 0. The molecule has 9 heteroatoms. The number of imidazole rings is 1. The first-order valence-electron chi connectivity index (χ1n) is 9.34. The Hall–Kier alpha value is -3.20. The lowest BCUT2D eigenvalue weighted by molar-refractivity contribution is 0.265. The van der Waals surface area contributed by atoms with E-state index >= 15 is 0 Å². The molecule has 0 aliphatic carbocycles. The van der Waals surface area contributed by atoms with Gasteiger partial charge in [-0.05, 0) is 36.6 Å². The largest absolute Gasteiger partial charge is 0.507 e. The van der Waals surface area contributed by atoms with Crippen LogP contribution in [-0.2, 0) is 0 Å². The van der Waals surface area contributed by atoms with Gasteiger partial charge in [0.2, 0.25) is 0 Å². The molecule has 148 valence electrons. The molecule has 29 heavy (non-hydrogen) atoms. The van der Waals surface area contributed by atoms with Crippen LogP contribution in [0.3, 0.4) is 0 Å². The number of halogens is 2. The molecule has 5 rings (SSSR count). The number of nitrogens with zero attached hydrogens (tertiary/aromatic N) is 5. The van der Waals surface area contributed by atoms with Crippen LogP contribution in [0.2, 0.25) is 0 Å². The molecule has 4 heterocycles. The number of benzene rings is 1. The monoisotopic (exact) mass is 396 g/mol. The molecule has 0 spiro atoms. The van der Waals surface area contributed by atoms with E-state index in [4.69, 9.17) is 0 Å². The smallest absolute Gasteiger partial charge is 0.174 e. The Labute approximate surface area is 165 Å². The molecule has 0 saturated carbocycles. The molecular weight excluding hydrogens is 378 g/mol. The fourth-order valence-electron chi connectivity index (χ4n) is 3.96. The van der Waals surface area contributed by atoms with Crippen molar-refractivity contribution >= 4 is 6.08 Å². The van der Waals surface area contributed by atoms with Gasteiger partial charge in [0, 0.05) is 36.1 Å². The van der Waals surface area contributed by atoms with Gasteiger partial charge in [-0.1, -0.05) is 0 Å². The number of fused-ring (bicyclic) bond motifs is 2. The molecule has 0 amide bonds. The summed E-state index contributed by atoms with van der Waals surface area (Å²) in [6, 6.07) is 4.29. The molecule has 3 aromatic rings. The van der Waals surface area contributed by atoms with E-state index in [9.17, 15) is 13.9 Å². The highest BCUT2D eigenvalue weighted by atomic mass is 19.1. The van der Waals surface area contributed by atoms with Crippen molar-refractivity contribution in [2.75, 3.05) is 0 Å². The number of phenolic OH excluding ortho intramolecular Hbond substituents is 1. The van der Waals surface area contributed by atoms with Crippen molar-refractivity contribution in [1.82, 2.24) is 30.0 Å². The quantitative estimate of drug-likeness (QED) is 0.708. The zero-order chi connectivity index (χ0) is 20.0. The maximum atomic E-state index is 14.5. The highest BCUT2D eigenvalue weighted by Gasteiger charge is 2.44. The van der Waals surface area contributed by atoms with Gasteiger partial charge in [-0.15, -0.1) is 10.2 Å². The maximum Gasteiger partial charge on any atom is 0.174 e. The number of aromatic nitrogens is 5. The van der Waals surface area contributed by atoms with Crippen LogP contribution in [0.25, 0.3) is 23.0 Å². The van der Waals surface area contributed by atoms with E-state index in [-0.39, 0.29) is 24.0 Å². The van der Waals surface area contributed by atoms with E-state index in [1.54, 1.807) is 41.5 Å². The van der Waals surface area contributed by atoms with E-state index in [0.29, 0.717) is 23.3 Å². The third kappa shape index (κ3) is 3.27. The number of nitrogens with one attached hydrogen (secondary N) is 1. The van der Waals surface area contributed by atoms with Gasteiger partial charge in [-0.3, -0.25) is 0 Å². The number of aromatic hydroxyl groups is 1. The summed E-state index contributed by atoms with van der Waals surface area (Å²) in [7, 11) is 0. The summed E-state index contributed by atoms with van der Waals surface area (Å²) in [5.74, 6) is 0.295. The predicted octanol–water partition coefficient (Wildman–Crippen LogP) is 2.62. The third-order valence-electron chi connectivity index (χ3n) is 5.46. The molecule has 2 saturated heterocycles. The van der Waals surface area contributed by atoms with Gasteiger partial charge in [-0.2, -0.15) is 0 Å². The van der Waals surface area contributed by atoms with Gasteiger partial charge in [0.25, 0.3) is 0 Å². The van der Waals surface area contributed by atoms with Crippen molar-refractivity contribution in [1.29, 1.82) is 0 Å². The van der Waals surface area contributed by atoms with Gasteiger partial charge in [-0.25, -0.2) is 18.7 Å². The van der Waals surface area contributed by atoms with Crippen LogP contribution in [0.4, 0.5) is 8.78 Å². The van der Waals surface area contributed by atoms with E-state index < -0.39 is 18.4 Å².